The molecule has 1 saturated carbocycles. The van der Waals surface area contributed by atoms with Crippen LogP contribution in [0.2, 0.25) is 0 Å². The zero-order valence-corrected chi connectivity index (χ0v) is 19.0. The Hall–Kier alpha value is -1.34. The van der Waals surface area contributed by atoms with Gasteiger partial charge in [0.05, 0.1) is 18.5 Å². The number of rotatable bonds is 7. The summed E-state index contributed by atoms with van der Waals surface area (Å²) in [5.41, 5.74) is -0.948. The molecule has 2 aliphatic rings. The maximum absolute atomic E-state index is 13.3. The molecule has 0 amide bonds. The standard InChI is InChI=1S/C23H32O5S/c1-21(2)17-13-10-14-18(28-15-25-4)22(17,3)19(23(21,27-6)20(24)26-5)29-16-11-8-7-9-12-16/h7-9,11-13,18-19H,10,14-15H2,1-6H3/t18-,19-,22-,23+/m0/s1. The molecular formula is C23H32O5S. The largest absolute Gasteiger partial charge is 0.467 e. The van der Waals surface area contributed by atoms with E-state index in [-0.39, 0.29) is 24.1 Å². The molecular weight excluding hydrogens is 388 g/mol. The number of esters is 1. The van der Waals surface area contributed by atoms with Gasteiger partial charge < -0.3 is 18.9 Å². The molecule has 0 aromatic heterocycles. The summed E-state index contributed by atoms with van der Waals surface area (Å²) in [5.74, 6) is -0.347. The van der Waals surface area contributed by atoms with Crippen LogP contribution in [-0.4, -0.2) is 51.0 Å². The highest BCUT2D eigenvalue weighted by molar-refractivity contribution is 8.00. The summed E-state index contributed by atoms with van der Waals surface area (Å²) < 4.78 is 22.9. The van der Waals surface area contributed by atoms with Gasteiger partial charge in [-0.3, -0.25) is 0 Å². The lowest BCUT2D eigenvalue weighted by Crippen LogP contribution is -2.58. The number of benzene rings is 1. The number of allylic oxidation sites excluding steroid dienone is 1. The van der Waals surface area contributed by atoms with E-state index in [4.69, 9.17) is 18.9 Å². The molecule has 29 heavy (non-hydrogen) atoms. The van der Waals surface area contributed by atoms with Gasteiger partial charge in [0.1, 0.15) is 6.79 Å². The smallest absolute Gasteiger partial charge is 0.340 e. The second-order valence-corrected chi connectivity index (χ2v) is 9.59. The summed E-state index contributed by atoms with van der Waals surface area (Å²) in [6.45, 7) is 6.59. The van der Waals surface area contributed by atoms with Crippen molar-refractivity contribution in [3.05, 3.63) is 42.0 Å². The van der Waals surface area contributed by atoms with Crippen LogP contribution in [0.5, 0.6) is 0 Å². The van der Waals surface area contributed by atoms with Crippen LogP contribution in [0.4, 0.5) is 0 Å². The molecule has 3 rings (SSSR count). The van der Waals surface area contributed by atoms with Gasteiger partial charge in [0.25, 0.3) is 0 Å². The fourth-order valence-electron chi connectivity index (χ4n) is 5.47. The van der Waals surface area contributed by atoms with Gasteiger partial charge >= 0.3 is 5.97 Å². The van der Waals surface area contributed by atoms with Crippen molar-refractivity contribution in [2.75, 3.05) is 28.1 Å². The molecule has 2 aliphatic carbocycles. The van der Waals surface area contributed by atoms with Gasteiger partial charge in [0.15, 0.2) is 5.60 Å². The van der Waals surface area contributed by atoms with Gasteiger partial charge in [-0.1, -0.05) is 50.6 Å². The highest BCUT2D eigenvalue weighted by Crippen LogP contribution is 2.68. The van der Waals surface area contributed by atoms with E-state index in [1.165, 1.54) is 12.7 Å². The van der Waals surface area contributed by atoms with E-state index in [1.54, 1.807) is 26.0 Å². The van der Waals surface area contributed by atoms with Crippen molar-refractivity contribution in [3.63, 3.8) is 0 Å². The fourth-order valence-corrected chi connectivity index (χ4v) is 7.23. The van der Waals surface area contributed by atoms with Crippen LogP contribution in [0, 0.1) is 10.8 Å². The first-order valence-corrected chi connectivity index (χ1v) is 10.9. The van der Waals surface area contributed by atoms with Gasteiger partial charge in [-0.05, 0) is 25.0 Å². The van der Waals surface area contributed by atoms with E-state index in [9.17, 15) is 4.79 Å². The maximum atomic E-state index is 13.3. The Bertz CT molecular complexity index is 762. The van der Waals surface area contributed by atoms with Crippen molar-refractivity contribution in [1.82, 2.24) is 0 Å². The third-order valence-corrected chi connectivity index (χ3v) is 8.34. The Morgan fingerprint density at radius 1 is 1.14 bits per heavy atom. The van der Waals surface area contributed by atoms with E-state index in [0.717, 1.165) is 17.7 Å². The number of ether oxygens (including phenoxy) is 4. The first kappa shape index (κ1) is 22.3. The third-order valence-electron chi connectivity index (χ3n) is 6.74. The molecule has 1 fully saturated rings. The van der Waals surface area contributed by atoms with Crippen LogP contribution in [0.1, 0.15) is 33.6 Å². The molecule has 0 spiro atoms. The molecule has 0 unspecified atom stereocenters. The van der Waals surface area contributed by atoms with Crippen molar-refractivity contribution < 1.29 is 23.7 Å². The van der Waals surface area contributed by atoms with Gasteiger partial charge in [-0.2, -0.15) is 0 Å². The third kappa shape index (κ3) is 3.25. The Kier molecular flexibility index (Phi) is 6.49. The minimum Gasteiger partial charge on any atom is -0.467 e. The topological polar surface area (TPSA) is 54.0 Å². The minimum absolute atomic E-state index is 0.0929. The molecule has 6 heteroatoms. The number of methoxy groups -OCH3 is 3. The molecule has 1 aromatic carbocycles. The molecule has 0 N–H and O–H groups in total. The summed E-state index contributed by atoms with van der Waals surface area (Å²) in [6.07, 6.45) is 3.94. The van der Waals surface area contributed by atoms with Crippen molar-refractivity contribution >= 4 is 17.7 Å². The number of carbonyl (C=O) groups excluding carboxylic acids is 1. The number of hydrogen-bond acceptors (Lipinski definition) is 6. The second kappa shape index (κ2) is 8.42. The fraction of sp³-hybridized carbons (Fsp3) is 0.609. The van der Waals surface area contributed by atoms with Crippen LogP contribution in [0.3, 0.4) is 0 Å². The maximum Gasteiger partial charge on any atom is 0.340 e. The Balaban J connectivity index is 2.21. The average molecular weight is 421 g/mol. The van der Waals surface area contributed by atoms with Crippen molar-refractivity contribution in [3.8, 4) is 0 Å². The zero-order chi connectivity index (χ0) is 21.3. The van der Waals surface area contributed by atoms with Crippen LogP contribution in [0.15, 0.2) is 46.9 Å². The minimum atomic E-state index is -1.15. The van der Waals surface area contributed by atoms with Crippen molar-refractivity contribution in [2.45, 2.75) is 55.5 Å². The molecule has 160 valence electrons. The first-order chi connectivity index (χ1) is 13.8. The lowest BCUT2D eigenvalue weighted by Gasteiger charge is -2.44. The zero-order valence-electron chi connectivity index (χ0n) is 18.2. The monoisotopic (exact) mass is 420 g/mol. The highest BCUT2D eigenvalue weighted by atomic mass is 32.2. The van der Waals surface area contributed by atoms with E-state index >= 15 is 0 Å². The van der Waals surface area contributed by atoms with Gasteiger partial charge in [-0.25, -0.2) is 4.79 Å². The van der Waals surface area contributed by atoms with Crippen LogP contribution in [-0.2, 0) is 23.7 Å². The lowest BCUT2D eigenvalue weighted by molar-refractivity contribution is -0.177. The molecule has 0 bridgehead atoms. The molecule has 5 nitrogen and oxygen atoms in total. The first-order valence-electron chi connectivity index (χ1n) is 9.97. The van der Waals surface area contributed by atoms with E-state index in [1.807, 2.05) is 18.2 Å². The molecule has 0 saturated heterocycles. The number of fused-ring (bicyclic) bond motifs is 1. The quantitative estimate of drug-likeness (QED) is 0.369. The second-order valence-electron chi connectivity index (χ2n) is 8.41. The predicted molar refractivity (Wildman–Crippen MR) is 114 cm³/mol. The van der Waals surface area contributed by atoms with Gasteiger partial charge in [0, 0.05) is 29.9 Å². The highest BCUT2D eigenvalue weighted by Gasteiger charge is 2.74. The molecule has 0 aliphatic heterocycles. The van der Waals surface area contributed by atoms with Gasteiger partial charge in [-0.15, -0.1) is 11.8 Å². The van der Waals surface area contributed by atoms with Crippen LogP contribution < -0.4 is 0 Å². The van der Waals surface area contributed by atoms with E-state index in [2.05, 4.69) is 39.0 Å². The summed E-state index contributed by atoms with van der Waals surface area (Å²) >= 11 is 1.66. The number of thioether (sulfide) groups is 1. The summed E-state index contributed by atoms with van der Waals surface area (Å²) in [4.78, 5) is 14.4. The van der Waals surface area contributed by atoms with Crippen LogP contribution >= 0.6 is 11.8 Å². The van der Waals surface area contributed by atoms with E-state index < -0.39 is 16.4 Å². The predicted octanol–water partition coefficient (Wildman–Crippen LogP) is 4.46. The Labute approximate surface area is 178 Å². The van der Waals surface area contributed by atoms with Gasteiger partial charge in [0.2, 0.25) is 0 Å². The summed E-state index contributed by atoms with van der Waals surface area (Å²) in [5, 5.41) is -0.238. The lowest BCUT2D eigenvalue weighted by atomic mass is 9.68. The Morgan fingerprint density at radius 3 is 2.41 bits per heavy atom. The molecule has 4 atom stereocenters. The average Bonchev–Trinajstić information content (AvgIpc) is 2.87. The van der Waals surface area contributed by atoms with E-state index in [0.29, 0.717) is 0 Å². The summed E-state index contributed by atoms with van der Waals surface area (Å²) in [7, 11) is 4.68. The van der Waals surface area contributed by atoms with Crippen molar-refractivity contribution in [1.29, 1.82) is 0 Å². The molecule has 1 aromatic rings. The Morgan fingerprint density at radius 2 is 1.83 bits per heavy atom. The SMILES string of the molecule is COCO[C@H]1CCC=C2C(C)(C)[C@](OC)(C(=O)OC)[C@@H](Sc3ccccc3)[C@@]21C. The normalized spacial score (nSPS) is 33.1. The summed E-state index contributed by atoms with van der Waals surface area (Å²) in [6, 6.07) is 10.1. The number of hydrogen-bond donors (Lipinski definition) is 0. The van der Waals surface area contributed by atoms with Crippen LogP contribution in [0.25, 0.3) is 0 Å². The van der Waals surface area contributed by atoms with Crippen molar-refractivity contribution in [2.24, 2.45) is 10.8 Å². The molecule has 0 radical (unpaired) electrons. The molecule has 0 heterocycles. The number of carbonyl (C=O) groups is 1.